The molecule has 0 amide bonds. The molecule has 0 aromatic rings. The molecule has 0 saturated heterocycles. The Morgan fingerprint density at radius 2 is 0.250 bits per heavy atom. The molecule has 0 aliphatic rings. The van der Waals surface area contributed by atoms with E-state index in [-0.39, 0.29) is 0 Å². The van der Waals surface area contributed by atoms with Gasteiger partial charge in [0.15, 0.2) is 0 Å². The molecule has 14 nitrogen and oxygen atoms in total. The SMILES string of the molecule is [O]=[Mn](=[O])(=[O])(=[O])(=[O])(=[O])=[O].[O]=[Mn](=[O])(=[O])(=[O])(=[O])(=[O])=[O]. The van der Waals surface area contributed by atoms with Crippen LogP contribution in [0.4, 0.5) is 0 Å². The van der Waals surface area contributed by atoms with E-state index in [1.807, 2.05) is 0 Å². The summed E-state index contributed by atoms with van der Waals surface area (Å²) < 4.78 is 121. The first-order valence-corrected chi connectivity index (χ1v) is 8.91. The predicted molar refractivity (Wildman–Crippen MR) is 9.61 cm³/mol. The third-order valence-electron chi connectivity index (χ3n) is 0. The summed E-state index contributed by atoms with van der Waals surface area (Å²) in [7, 11) is -22.3. The zero-order valence-electron chi connectivity index (χ0n) is 6.47. The summed E-state index contributed by atoms with van der Waals surface area (Å²) in [5, 5.41) is 0. The summed E-state index contributed by atoms with van der Waals surface area (Å²) in [6.07, 6.45) is 0. The van der Waals surface area contributed by atoms with E-state index in [4.69, 9.17) is 53.7 Å². The molecule has 0 heterocycles. The standard InChI is InChI=1S/2Mn.14O. The van der Waals surface area contributed by atoms with Crippen LogP contribution >= 0.6 is 0 Å². The first kappa shape index (κ1) is 16.7. The maximum atomic E-state index is 8.65. The summed E-state index contributed by atoms with van der Waals surface area (Å²) >= 11 is 0. The van der Waals surface area contributed by atoms with Crippen LogP contribution < -0.4 is 0 Å². The van der Waals surface area contributed by atoms with E-state index in [9.17, 15) is 0 Å². The Hall–Kier alpha value is -1.76. The zero-order valence-corrected chi connectivity index (χ0v) is 8.83. The monoisotopic (exact) mass is 334 g/mol. The van der Waals surface area contributed by atoms with Crippen molar-refractivity contribution < 1.29 is 72.1 Å². The van der Waals surface area contributed by atoms with Crippen molar-refractivity contribution >= 4 is 0 Å². The van der Waals surface area contributed by atoms with E-state index in [1.54, 1.807) is 0 Å². The summed E-state index contributed by atoms with van der Waals surface area (Å²) in [5.41, 5.74) is 0. The molecule has 0 unspecified atom stereocenters. The van der Waals surface area contributed by atoms with Crippen molar-refractivity contribution in [3.05, 3.63) is 0 Å². The second kappa shape index (κ2) is 1.22. The molecule has 98 valence electrons. The van der Waals surface area contributed by atoms with Gasteiger partial charge in [-0.1, -0.05) is 0 Å². The van der Waals surface area contributed by atoms with Crippen LogP contribution in [0.2, 0.25) is 0 Å². The van der Waals surface area contributed by atoms with E-state index >= 15 is 0 Å². The van der Waals surface area contributed by atoms with E-state index in [2.05, 4.69) is 0 Å². The minimum absolute atomic E-state index is 8.65. The fourth-order valence-corrected chi connectivity index (χ4v) is 0. The Labute approximate surface area is 72.6 Å². The van der Waals surface area contributed by atoms with E-state index in [0.29, 0.717) is 0 Å². The second-order valence-corrected chi connectivity index (χ2v) is 10.9. The quantitative estimate of drug-likeness (QED) is 0.450. The van der Waals surface area contributed by atoms with Crippen LogP contribution in [0.25, 0.3) is 0 Å². The van der Waals surface area contributed by atoms with Crippen molar-refractivity contribution in [3.8, 4) is 0 Å². The Bertz CT molecular complexity index is 1450. The molecule has 0 spiro atoms. The molecule has 0 aliphatic heterocycles. The number of rotatable bonds is 0. The van der Waals surface area contributed by atoms with Crippen LogP contribution in [-0.4, -0.2) is 0 Å². The van der Waals surface area contributed by atoms with Gasteiger partial charge in [0.25, 0.3) is 0 Å². The van der Waals surface area contributed by atoms with E-state index in [0.717, 1.165) is 0 Å². The topological polar surface area (TPSA) is 239 Å². The molecule has 0 bridgehead atoms. The second-order valence-electron chi connectivity index (χ2n) is 2.65. The van der Waals surface area contributed by atoms with Gasteiger partial charge in [0, 0.05) is 0 Å². The molecular weight excluding hydrogens is 334 g/mol. The molecule has 16 heavy (non-hydrogen) atoms. The summed E-state index contributed by atoms with van der Waals surface area (Å²) in [6.45, 7) is 0. The van der Waals surface area contributed by atoms with Crippen LogP contribution in [-0.2, 0) is 72.1 Å². The Kier molecular flexibility index (Phi) is 1.28. The molecule has 0 N–H and O–H groups in total. The van der Waals surface area contributed by atoms with Crippen molar-refractivity contribution in [2.75, 3.05) is 0 Å². The molecule has 0 aliphatic carbocycles. The van der Waals surface area contributed by atoms with Gasteiger partial charge in [0.2, 0.25) is 0 Å². The average Bonchev–Trinajstić information content (AvgIpc) is 0.868. The number of hydrogen-bond donors (Lipinski definition) is 0. The molecule has 0 aromatic carbocycles. The molecule has 0 atom stereocenters. The van der Waals surface area contributed by atoms with Crippen LogP contribution in [0, 0.1) is 0 Å². The zero-order chi connectivity index (χ0) is 14.8. The molecule has 16 heteroatoms. The van der Waals surface area contributed by atoms with Crippen LogP contribution in [0.1, 0.15) is 0 Å². The third kappa shape index (κ3) is 498. The molecule has 0 fully saturated rings. The van der Waals surface area contributed by atoms with E-state index in [1.165, 1.54) is 0 Å². The molecule has 0 radical (unpaired) electrons. The summed E-state index contributed by atoms with van der Waals surface area (Å²) in [4.78, 5) is 0. The van der Waals surface area contributed by atoms with Crippen molar-refractivity contribution in [2.45, 2.75) is 0 Å². The Balaban J connectivity index is 0. The van der Waals surface area contributed by atoms with Gasteiger partial charge in [-0.05, 0) is 0 Å². The normalized spacial score (nSPS) is 20.1. The molecule has 0 saturated carbocycles. The Morgan fingerprint density at radius 3 is 0.250 bits per heavy atom. The van der Waals surface area contributed by atoms with Crippen molar-refractivity contribution in [2.24, 2.45) is 0 Å². The fraction of sp³-hybridized carbons (Fsp3) is 0. The van der Waals surface area contributed by atoms with Gasteiger partial charge in [-0.2, -0.15) is 0 Å². The maximum absolute atomic E-state index is 11.2. The van der Waals surface area contributed by atoms with Gasteiger partial charge in [-0.25, -0.2) is 0 Å². The minimum atomic E-state index is -11.2. The molecule has 0 rings (SSSR count). The van der Waals surface area contributed by atoms with Crippen molar-refractivity contribution in [3.63, 3.8) is 0 Å². The third-order valence-corrected chi connectivity index (χ3v) is 0. The van der Waals surface area contributed by atoms with Gasteiger partial charge < -0.3 is 0 Å². The van der Waals surface area contributed by atoms with Crippen LogP contribution in [0.3, 0.4) is 0 Å². The molecular formula is Mn2O14. The summed E-state index contributed by atoms with van der Waals surface area (Å²) in [5.74, 6) is 0. The first-order chi connectivity index (χ1) is 5.29. The van der Waals surface area contributed by atoms with Crippen molar-refractivity contribution in [1.29, 1.82) is 0 Å². The average molecular weight is 334 g/mol. The van der Waals surface area contributed by atoms with Gasteiger partial charge in [-0.15, -0.1) is 0 Å². The Morgan fingerprint density at radius 1 is 0.250 bits per heavy atom. The van der Waals surface area contributed by atoms with Crippen LogP contribution in [0.15, 0.2) is 0 Å². The van der Waals surface area contributed by atoms with Gasteiger partial charge in [0.05, 0.1) is 0 Å². The van der Waals surface area contributed by atoms with Crippen molar-refractivity contribution in [1.82, 2.24) is 0 Å². The molecule has 0 aromatic heterocycles. The first-order valence-electron chi connectivity index (χ1n) is 2.16. The van der Waals surface area contributed by atoms with Crippen LogP contribution in [0.5, 0.6) is 0 Å². The summed E-state index contributed by atoms with van der Waals surface area (Å²) in [6, 6.07) is 0. The number of hydrogen-bond acceptors (Lipinski definition) is 14. The van der Waals surface area contributed by atoms with Gasteiger partial charge in [0.1, 0.15) is 0 Å². The predicted octanol–water partition coefficient (Wildman–Crippen LogP) is -1.67. The van der Waals surface area contributed by atoms with Gasteiger partial charge in [-0.3, -0.25) is 0 Å². The van der Waals surface area contributed by atoms with Gasteiger partial charge >= 0.3 is 72.1 Å². The van der Waals surface area contributed by atoms with E-state index < -0.39 is 18.4 Å². The fourth-order valence-electron chi connectivity index (χ4n) is 0.